The van der Waals surface area contributed by atoms with E-state index >= 15 is 0 Å². The molecule has 1 fully saturated rings. The van der Waals surface area contributed by atoms with Gasteiger partial charge >= 0.3 is 5.97 Å². The number of methoxy groups -OCH3 is 2. The van der Waals surface area contributed by atoms with E-state index in [9.17, 15) is 4.79 Å². The Hall–Kier alpha value is -1.95. The number of carbonyl (C=O) groups excluding carboxylic acids is 1. The first-order valence-electron chi connectivity index (χ1n) is 8.05. The number of aliphatic imine (C=N–C) groups is 1. The normalized spacial score (nSPS) is 24.6. The van der Waals surface area contributed by atoms with E-state index in [4.69, 9.17) is 14.5 Å². The lowest BCUT2D eigenvalue weighted by atomic mass is 10.2. The molecule has 2 heterocycles. The summed E-state index contributed by atoms with van der Waals surface area (Å²) >= 11 is 1.44. The van der Waals surface area contributed by atoms with Crippen molar-refractivity contribution >= 4 is 23.6 Å². The molecule has 1 aromatic rings. The quantitative estimate of drug-likeness (QED) is 0.766. The van der Waals surface area contributed by atoms with Gasteiger partial charge in [0.15, 0.2) is 0 Å². The average Bonchev–Trinajstić information content (AvgIpc) is 3.26. The molecule has 24 heavy (non-hydrogen) atoms. The van der Waals surface area contributed by atoms with E-state index < -0.39 is 4.87 Å². The third kappa shape index (κ3) is 3.43. The molecule has 0 saturated carbocycles. The number of benzene rings is 1. The van der Waals surface area contributed by atoms with Crippen molar-refractivity contribution in [3.05, 3.63) is 41.3 Å². The number of nitrogens with zero attached hydrogens (tertiary/aromatic N) is 2. The van der Waals surface area contributed by atoms with Crippen LogP contribution < -0.4 is 4.74 Å². The van der Waals surface area contributed by atoms with Crippen LogP contribution in [0, 0.1) is 0 Å². The Labute approximate surface area is 146 Å². The van der Waals surface area contributed by atoms with Crippen LogP contribution >= 0.6 is 11.8 Å². The zero-order valence-electron chi connectivity index (χ0n) is 14.0. The number of rotatable bonds is 5. The van der Waals surface area contributed by atoms with Crippen LogP contribution in [0.5, 0.6) is 5.75 Å². The maximum Gasteiger partial charge on any atom is 0.344 e. The SMILES string of the molecule is COC(=O)C1(/N=C2\CCCN2Cc2ccc(OC)cc2)CC=CS1. The van der Waals surface area contributed by atoms with Crippen LogP contribution in [0.2, 0.25) is 0 Å². The molecule has 1 atom stereocenters. The topological polar surface area (TPSA) is 51.1 Å². The number of hydrogen-bond donors (Lipinski definition) is 0. The Balaban J connectivity index is 1.77. The Morgan fingerprint density at radius 2 is 2.12 bits per heavy atom. The maximum absolute atomic E-state index is 12.2. The fourth-order valence-corrected chi connectivity index (χ4v) is 3.94. The number of thioether (sulfide) groups is 1. The van der Waals surface area contributed by atoms with Gasteiger partial charge in [-0.25, -0.2) is 9.79 Å². The first kappa shape index (κ1) is 16.9. The number of carbonyl (C=O) groups is 1. The predicted molar refractivity (Wildman–Crippen MR) is 96.2 cm³/mol. The van der Waals surface area contributed by atoms with Crippen molar-refractivity contribution in [3.63, 3.8) is 0 Å². The van der Waals surface area contributed by atoms with Gasteiger partial charge in [0.2, 0.25) is 4.87 Å². The summed E-state index contributed by atoms with van der Waals surface area (Å²) in [5.74, 6) is 1.57. The van der Waals surface area contributed by atoms with E-state index in [0.29, 0.717) is 6.42 Å². The Bertz CT molecular complexity index is 647. The Kier molecular flexibility index (Phi) is 5.14. The molecular weight excluding hydrogens is 324 g/mol. The molecule has 128 valence electrons. The van der Waals surface area contributed by atoms with Gasteiger partial charge in [-0.2, -0.15) is 0 Å². The molecule has 1 saturated heterocycles. The standard InChI is InChI=1S/C18H22N2O3S/c1-22-15-8-6-14(7-9-15)13-20-11-3-5-16(20)19-18(17(21)23-2)10-4-12-24-18/h4,6-9,12H,3,5,10-11,13H2,1-2H3/b19-16+. The van der Waals surface area contributed by atoms with Crippen molar-refractivity contribution in [2.45, 2.75) is 30.7 Å². The number of esters is 1. The molecule has 0 bridgehead atoms. The Morgan fingerprint density at radius 3 is 2.75 bits per heavy atom. The van der Waals surface area contributed by atoms with Crippen LogP contribution in [0.25, 0.3) is 0 Å². The Morgan fingerprint density at radius 1 is 1.33 bits per heavy atom. The van der Waals surface area contributed by atoms with Gasteiger partial charge in [0.1, 0.15) is 11.6 Å². The summed E-state index contributed by atoms with van der Waals surface area (Å²) in [6.07, 6.45) is 4.53. The highest BCUT2D eigenvalue weighted by atomic mass is 32.2. The van der Waals surface area contributed by atoms with Crippen molar-refractivity contribution in [1.82, 2.24) is 4.90 Å². The van der Waals surface area contributed by atoms with Gasteiger partial charge in [-0.15, -0.1) is 0 Å². The second-order valence-corrected chi connectivity index (χ2v) is 7.05. The van der Waals surface area contributed by atoms with Gasteiger partial charge in [-0.3, -0.25) is 0 Å². The molecule has 3 rings (SSSR count). The second kappa shape index (κ2) is 7.30. The van der Waals surface area contributed by atoms with E-state index in [0.717, 1.165) is 37.5 Å². The van der Waals surface area contributed by atoms with Crippen LogP contribution in [0.3, 0.4) is 0 Å². The third-order valence-corrected chi connectivity index (χ3v) is 5.44. The minimum atomic E-state index is -0.841. The predicted octanol–water partition coefficient (Wildman–Crippen LogP) is 3.21. The minimum Gasteiger partial charge on any atom is -0.497 e. The van der Waals surface area contributed by atoms with Gasteiger partial charge in [0, 0.05) is 25.9 Å². The van der Waals surface area contributed by atoms with E-state index in [-0.39, 0.29) is 5.97 Å². The van der Waals surface area contributed by atoms with Crippen molar-refractivity contribution in [3.8, 4) is 5.75 Å². The van der Waals surface area contributed by atoms with Crippen LogP contribution in [0.4, 0.5) is 0 Å². The highest BCUT2D eigenvalue weighted by Crippen LogP contribution is 2.40. The first-order valence-corrected chi connectivity index (χ1v) is 8.93. The molecule has 0 radical (unpaired) electrons. The number of likely N-dealkylation sites (tertiary alicyclic amines) is 1. The molecule has 2 aliphatic heterocycles. The largest absolute Gasteiger partial charge is 0.497 e. The van der Waals surface area contributed by atoms with E-state index in [1.165, 1.54) is 24.4 Å². The molecule has 5 nitrogen and oxygen atoms in total. The van der Waals surface area contributed by atoms with Crippen LogP contribution in [-0.4, -0.2) is 42.3 Å². The highest BCUT2D eigenvalue weighted by molar-refractivity contribution is 8.04. The molecule has 6 heteroatoms. The third-order valence-electron chi connectivity index (χ3n) is 4.29. The number of hydrogen-bond acceptors (Lipinski definition) is 5. The fraction of sp³-hybridized carbons (Fsp3) is 0.444. The summed E-state index contributed by atoms with van der Waals surface area (Å²) in [6.45, 7) is 1.75. The summed E-state index contributed by atoms with van der Waals surface area (Å²) < 4.78 is 10.2. The number of ether oxygens (including phenoxy) is 2. The van der Waals surface area contributed by atoms with Crippen molar-refractivity contribution < 1.29 is 14.3 Å². The lowest BCUT2D eigenvalue weighted by molar-refractivity contribution is -0.143. The van der Waals surface area contributed by atoms with Crippen LogP contribution in [0.15, 0.2) is 40.7 Å². The van der Waals surface area contributed by atoms with Crippen LogP contribution in [0.1, 0.15) is 24.8 Å². The average molecular weight is 346 g/mol. The molecule has 0 aliphatic carbocycles. The van der Waals surface area contributed by atoms with Gasteiger partial charge in [0.25, 0.3) is 0 Å². The lowest BCUT2D eigenvalue weighted by Crippen LogP contribution is -2.35. The van der Waals surface area contributed by atoms with Gasteiger partial charge in [0.05, 0.1) is 14.2 Å². The van der Waals surface area contributed by atoms with Crippen molar-refractivity contribution in [2.75, 3.05) is 20.8 Å². The lowest BCUT2D eigenvalue weighted by Gasteiger charge is -2.25. The van der Waals surface area contributed by atoms with Gasteiger partial charge in [-0.1, -0.05) is 30.0 Å². The molecule has 0 amide bonds. The highest BCUT2D eigenvalue weighted by Gasteiger charge is 2.42. The number of amidine groups is 1. The summed E-state index contributed by atoms with van der Waals surface area (Å²) in [5.41, 5.74) is 1.20. The fourth-order valence-electron chi connectivity index (χ4n) is 3.00. The van der Waals surface area contributed by atoms with E-state index in [2.05, 4.69) is 17.0 Å². The minimum absolute atomic E-state index is 0.277. The molecule has 1 aromatic carbocycles. The molecule has 0 N–H and O–H groups in total. The van der Waals surface area contributed by atoms with Crippen molar-refractivity contribution in [2.24, 2.45) is 4.99 Å². The first-order chi connectivity index (χ1) is 11.7. The molecule has 1 unspecified atom stereocenters. The summed E-state index contributed by atoms with van der Waals surface area (Å²) in [5, 5.41) is 1.93. The maximum atomic E-state index is 12.2. The molecular formula is C18H22N2O3S. The van der Waals surface area contributed by atoms with E-state index in [1.54, 1.807) is 7.11 Å². The summed E-state index contributed by atoms with van der Waals surface area (Å²) in [4.78, 5) is 18.5. The van der Waals surface area contributed by atoms with Gasteiger partial charge < -0.3 is 14.4 Å². The summed E-state index contributed by atoms with van der Waals surface area (Å²) in [7, 11) is 3.09. The molecule has 0 aromatic heterocycles. The monoisotopic (exact) mass is 346 g/mol. The van der Waals surface area contributed by atoms with Crippen LogP contribution in [-0.2, 0) is 16.1 Å². The zero-order valence-corrected chi connectivity index (χ0v) is 14.8. The van der Waals surface area contributed by atoms with Gasteiger partial charge in [-0.05, 0) is 29.5 Å². The van der Waals surface area contributed by atoms with E-state index in [1.807, 2.05) is 23.6 Å². The molecule has 2 aliphatic rings. The molecule has 0 spiro atoms. The van der Waals surface area contributed by atoms with Crippen molar-refractivity contribution in [1.29, 1.82) is 0 Å². The second-order valence-electron chi connectivity index (χ2n) is 5.87. The smallest absolute Gasteiger partial charge is 0.344 e. The zero-order chi connectivity index (χ0) is 17.0. The summed E-state index contributed by atoms with van der Waals surface area (Å²) in [6, 6.07) is 8.07.